The fraction of sp³-hybridized carbons (Fsp3) is 0.200. The van der Waals surface area contributed by atoms with Gasteiger partial charge < -0.3 is 5.73 Å². The van der Waals surface area contributed by atoms with E-state index in [0.29, 0.717) is 0 Å². The van der Waals surface area contributed by atoms with Crippen molar-refractivity contribution >= 4 is 28.0 Å². The van der Waals surface area contributed by atoms with Crippen molar-refractivity contribution in [1.82, 2.24) is 23.3 Å². The summed E-state index contributed by atoms with van der Waals surface area (Å²) >= 11 is 0. The normalized spacial score (nSPS) is 11.4. The molecule has 0 radical (unpaired) electrons. The van der Waals surface area contributed by atoms with E-state index in [0.717, 1.165) is 18.3 Å². The second-order valence-corrected chi connectivity index (χ2v) is 7.21. The van der Waals surface area contributed by atoms with Gasteiger partial charge in [0.1, 0.15) is 0 Å². The Kier molecular flexibility index (Phi) is 4.27. The topological polar surface area (TPSA) is 144 Å². The number of nitrogens with two attached hydrogens (primary N) is 1. The van der Waals surface area contributed by atoms with Crippen LogP contribution in [0.15, 0.2) is 43.4 Å². The highest BCUT2D eigenvalue weighted by atomic mass is 16.2. The number of carbonyl (C=O) groups is 1. The third-order valence-corrected chi connectivity index (χ3v) is 5.44. The van der Waals surface area contributed by atoms with E-state index in [4.69, 9.17) is 5.73 Å². The average molecular weight is 422 g/mol. The first kappa shape index (κ1) is 20.0. The van der Waals surface area contributed by atoms with Crippen LogP contribution >= 0.6 is 0 Å². The van der Waals surface area contributed by atoms with Crippen LogP contribution in [-0.2, 0) is 28.2 Å². The number of aryl methyl sites for hydroxylation is 2. The number of nitrogens with zero attached hydrogens (tertiary/aromatic N) is 5. The van der Waals surface area contributed by atoms with Crippen molar-refractivity contribution in [2.75, 3.05) is 0 Å². The average Bonchev–Trinajstić information content (AvgIpc) is 2.77. The second-order valence-electron chi connectivity index (χ2n) is 7.21. The number of fused-ring (bicyclic) bond motifs is 2. The molecule has 0 aliphatic carbocycles. The molecule has 31 heavy (non-hydrogen) atoms. The molecule has 11 nitrogen and oxygen atoms in total. The van der Waals surface area contributed by atoms with E-state index >= 15 is 0 Å². The minimum absolute atomic E-state index is 0.0295. The van der Waals surface area contributed by atoms with Crippen molar-refractivity contribution in [1.29, 1.82) is 0 Å². The number of primary amides is 1. The standard InChI is InChI=1S/C20H18N6O5/c1-23-15-12(17(28)25(3)19(23)30)11(9-7-5-6-8-10(9)14(21)27)13-16(22-15)24(2)20(31)26(4)18(13)29/h5-8H,1-4H3,(H2,21,27). The van der Waals surface area contributed by atoms with Crippen LogP contribution in [0.5, 0.6) is 0 Å². The summed E-state index contributed by atoms with van der Waals surface area (Å²) in [6.45, 7) is 0. The monoisotopic (exact) mass is 422 g/mol. The Morgan fingerprint density at radius 3 is 1.68 bits per heavy atom. The van der Waals surface area contributed by atoms with Gasteiger partial charge in [0.05, 0.1) is 10.8 Å². The minimum atomic E-state index is -0.767. The molecule has 0 spiro atoms. The summed E-state index contributed by atoms with van der Waals surface area (Å²) in [5, 5.41) is -0.0805. The number of rotatable bonds is 2. The Labute approximate surface area is 173 Å². The van der Waals surface area contributed by atoms with Crippen LogP contribution in [0, 0.1) is 0 Å². The lowest BCUT2D eigenvalue weighted by Crippen LogP contribution is -2.40. The van der Waals surface area contributed by atoms with Crippen molar-refractivity contribution in [3.05, 3.63) is 71.5 Å². The van der Waals surface area contributed by atoms with Crippen LogP contribution in [0.1, 0.15) is 10.4 Å². The summed E-state index contributed by atoms with van der Waals surface area (Å²) in [5.74, 6) is -0.767. The van der Waals surface area contributed by atoms with Crippen LogP contribution in [-0.4, -0.2) is 29.2 Å². The van der Waals surface area contributed by atoms with E-state index in [1.807, 2.05) is 0 Å². The summed E-state index contributed by atoms with van der Waals surface area (Å²) in [6, 6.07) is 6.23. The molecule has 158 valence electrons. The zero-order valence-corrected chi connectivity index (χ0v) is 17.2. The molecule has 0 saturated heterocycles. The maximum absolute atomic E-state index is 13.2. The first-order valence-electron chi connectivity index (χ1n) is 9.16. The first-order valence-corrected chi connectivity index (χ1v) is 9.16. The summed E-state index contributed by atoms with van der Waals surface area (Å²) in [6.07, 6.45) is 0. The molecule has 4 rings (SSSR count). The van der Waals surface area contributed by atoms with E-state index in [1.54, 1.807) is 18.2 Å². The van der Waals surface area contributed by atoms with E-state index in [9.17, 15) is 24.0 Å². The van der Waals surface area contributed by atoms with Gasteiger partial charge in [-0.15, -0.1) is 0 Å². The Balaban J connectivity index is 2.52. The molecule has 0 saturated carbocycles. The molecule has 0 unspecified atom stereocenters. The highest BCUT2D eigenvalue weighted by Gasteiger charge is 2.25. The summed E-state index contributed by atoms with van der Waals surface area (Å²) < 4.78 is 4.07. The van der Waals surface area contributed by atoms with Gasteiger partial charge in [-0.25, -0.2) is 14.6 Å². The Hall–Kier alpha value is -4.28. The zero-order chi connectivity index (χ0) is 22.8. The highest BCUT2D eigenvalue weighted by molar-refractivity contribution is 6.12. The molecular formula is C20H18N6O5. The number of hydrogen-bond donors (Lipinski definition) is 1. The Morgan fingerprint density at radius 1 is 0.774 bits per heavy atom. The molecule has 0 atom stereocenters. The molecule has 0 aliphatic rings. The zero-order valence-electron chi connectivity index (χ0n) is 17.2. The minimum Gasteiger partial charge on any atom is -0.366 e. The number of aromatic nitrogens is 5. The van der Waals surface area contributed by atoms with Crippen LogP contribution in [0.3, 0.4) is 0 Å². The Morgan fingerprint density at radius 2 is 1.23 bits per heavy atom. The van der Waals surface area contributed by atoms with Crippen LogP contribution < -0.4 is 28.2 Å². The highest BCUT2D eigenvalue weighted by Crippen LogP contribution is 2.32. The van der Waals surface area contributed by atoms with Gasteiger partial charge in [0.25, 0.3) is 11.1 Å². The fourth-order valence-electron chi connectivity index (χ4n) is 3.78. The molecule has 1 amide bonds. The molecular weight excluding hydrogens is 404 g/mol. The second kappa shape index (κ2) is 6.62. The molecule has 1 aromatic carbocycles. The maximum Gasteiger partial charge on any atom is 0.332 e. The van der Waals surface area contributed by atoms with Gasteiger partial charge in [-0.1, -0.05) is 18.2 Å². The van der Waals surface area contributed by atoms with Gasteiger partial charge in [-0.05, 0) is 11.6 Å². The van der Waals surface area contributed by atoms with E-state index < -0.39 is 28.4 Å². The summed E-state index contributed by atoms with van der Waals surface area (Å²) in [4.78, 5) is 67.9. The largest absolute Gasteiger partial charge is 0.366 e. The molecule has 4 aromatic rings. The number of benzene rings is 1. The number of amides is 1. The van der Waals surface area contributed by atoms with Crippen molar-refractivity contribution in [3.63, 3.8) is 0 Å². The predicted molar refractivity (Wildman–Crippen MR) is 114 cm³/mol. The lowest BCUT2D eigenvalue weighted by atomic mass is 9.95. The summed E-state index contributed by atoms with van der Waals surface area (Å²) in [5.41, 5.74) is 3.21. The third kappa shape index (κ3) is 2.59. The first-order chi connectivity index (χ1) is 14.6. The van der Waals surface area contributed by atoms with Crippen molar-refractivity contribution in [3.8, 4) is 11.1 Å². The van der Waals surface area contributed by atoms with Crippen LogP contribution in [0.4, 0.5) is 0 Å². The predicted octanol–water partition coefficient (Wildman–Crippen LogP) is -1.05. The molecule has 0 bridgehead atoms. The SMILES string of the molecule is Cn1c(=O)c2c(-c3ccccc3C(N)=O)c3c(=O)n(C)c(=O)n(C)c3nc2n(C)c1=O. The molecule has 0 aliphatic heterocycles. The quantitative estimate of drug-likeness (QED) is 0.408. The maximum atomic E-state index is 13.2. The number of carbonyl (C=O) groups excluding carboxylic acids is 1. The van der Waals surface area contributed by atoms with Crippen molar-refractivity contribution in [2.45, 2.75) is 0 Å². The smallest absolute Gasteiger partial charge is 0.332 e. The molecule has 2 N–H and O–H groups in total. The van der Waals surface area contributed by atoms with Gasteiger partial charge in [0.15, 0.2) is 11.3 Å². The molecule has 0 fully saturated rings. The van der Waals surface area contributed by atoms with E-state index in [2.05, 4.69) is 4.98 Å². The third-order valence-electron chi connectivity index (χ3n) is 5.44. The molecule has 3 heterocycles. The van der Waals surface area contributed by atoms with E-state index in [1.165, 1.54) is 34.3 Å². The van der Waals surface area contributed by atoms with Gasteiger partial charge in [0, 0.05) is 39.3 Å². The van der Waals surface area contributed by atoms with Crippen LogP contribution in [0.2, 0.25) is 0 Å². The van der Waals surface area contributed by atoms with Crippen molar-refractivity contribution < 1.29 is 4.79 Å². The lowest BCUT2D eigenvalue weighted by Gasteiger charge is -2.16. The van der Waals surface area contributed by atoms with Gasteiger partial charge >= 0.3 is 11.4 Å². The van der Waals surface area contributed by atoms with E-state index in [-0.39, 0.29) is 38.8 Å². The van der Waals surface area contributed by atoms with Crippen molar-refractivity contribution in [2.24, 2.45) is 33.9 Å². The number of pyridine rings is 1. The molecule has 3 aromatic heterocycles. The van der Waals surface area contributed by atoms with Gasteiger partial charge in [-0.3, -0.25) is 32.7 Å². The van der Waals surface area contributed by atoms with Gasteiger partial charge in [-0.2, -0.15) is 0 Å². The lowest BCUT2D eigenvalue weighted by molar-refractivity contribution is 0.100. The summed E-state index contributed by atoms with van der Waals surface area (Å²) in [7, 11) is 5.45. The fourth-order valence-corrected chi connectivity index (χ4v) is 3.78. The Bertz CT molecular complexity index is 1590. The van der Waals surface area contributed by atoms with Gasteiger partial charge in [0.2, 0.25) is 5.91 Å². The van der Waals surface area contributed by atoms with Crippen LogP contribution in [0.25, 0.3) is 33.2 Å². The number of hydrogen-bond acceptors (Lipinski definition) is 6. The molecule has 11 heteroatoms.